The Morgan fingerprint density at radius 1 is 1.12 bits per heavy atom. The largest absolute Gasteiger partial charge is 0.508 e. The van der Waals surface area contributed by atoms with Gasteiger partial charge in [0.2, 0.25) is 0 Å². The number of hydrogen-bond donors (Lipinski definition) is 1. The molecule has 0 fully saturated rings. The van der Waals surface area contributed by atoms with E-state index in [0.717, 1.165) is 0 Å². The van der Waals surface area contributed by atoms with Gasteiger partial charge in [0.15, 0.2) is 0 Å². The van der Waals surface area contributed by atoms with Crippen LogP contribution in [0.2, 0.25) is 5.02 Å². The molecule has 0 heterocycles. The topological polar surface area (TPSA) is 91.3 Å². The fourth-order valence-electron chi connectivity index (χ4n) is 2.24. The van der Waals surface area contributed by atoms with Crippen molar-refractivity contribution in [3.05, 3.63) is 51.5 Å². The number of rotatable bonds is 6. The van der Waals surface area contributed by atoms with E-state index in [-0.39, 0.29) is 16.5 Å². The fourth-order valence-corrected chi connectivity index (χ4v) is 2.56. The summed E-state index contributed by atoms with van der Waals surface area (Å²) in [4.78, 5) is 12.6. The van der Waals surface area contributed by atoms with Gasteiger partial charge in [0.25, 0.3) is 5.69 Å². The maximum Gasteiger partial charge on any atom is 0.294 e. The van der Waals surface area contributed by atoms with Gasteiger partial charge >= 0.3 is 0 Å². The molecule has 2 aromatic carbocycles. The van der Waals surface area contributed by atoms with Crippen LogP contribution in [0.3, 0.4) is 0 Å². The summed E-state index contributed by atoms with van der Waals surface area (Å²) in [6.45, 7) is 4.95. The zero-order chi connectivity index (χ0) is 17.7. The van der Waals surface area contributed by atoms with Crippen molar-refractivity contribution in [3.8, 4) is 5.75 Å². The lowest BCUT2D eigenvalue weighted by molar-refractivity contribution is -0.384. The first-order valence-corrected chi connectivity index (χ1v) is 7.78. The minimum atomic E-state index is -0.458. The summed E-state index contributed by atoms with van der Waals surface area (Å²) in [7, 11) is 0. The number of nitro benzene ring substituents is 1. The van der Waals surface area contributed by atoms with Crippen molar-refractivity contribution in [2.75, 3.05) is 18.0 Å². The van der Waals surface area contributed by atoms with E-state index in [2.05, 4.69) is 10.2 Å². The molecule has 0 saturated carbocycles. The SMILES string of the molecule is CCN(CC)c1c([N+](=O)[O-])ccc(N=Nc2ccc(O)cc2)c1Cl. The van der Waals surface area contributed by atoms with Crippen LogP contribution in [-0.2, 0) is 0 Å². The van der Waals surface area contributed by atoms with Crippen LogP contribution in [0, 0.1) is 10.1 Å². The van der Waals surface area contributed by atoms with Crippen molar-refractivity contribution in [1.82, 2.24) is 0 Å². The lowest BCUT2D eigenvalue weighted by Gasteiger charge is -2.22. The zero-order valence-electron chi connectivity index (χ0n) is 13.3. The van der Waals surface area contributed by atoms with E-state index in [1.54, 1.807) is 17.0 Å². The van der Waals surface area contributed by atoms with Crippen molar-refractivity contribution in [2.24, 2.45) is 10.2 Å². The van der Waals surface area contributed by atoms with Crippen LogP contribution in [0.15, 0.2) is 46.6 Å². The highest BCUT2D eigenvalue weighted by Crippen LogP contribution is 2.42. The molecular formula is C16H17ClN4O3. The van der Waals surface area contributed by atoms with E-state index < -0.39 is 4.92 Å². The lowest BCUT2D eigenvalue weighted by atomic mass is 10.2. The molecule has 0 aliphatic heterocycles. The highest BCUT2D eigenvalue weighted by molar-refractivity contribution is 6.36. The summed E-state index contributed by atoms with van der Waals surface area (Å²) in [5.41, 5.74) is 1.16. The molecule has 0 amide bonds. The Bertz CT molecular complexity index is 759. The number of aromatic hydroxyl groups is 1. The quantitative estimate of drug-likeness (QED) is 0.440. The summed E-state index contributed by atoms with van der Waals surface area (Å²) in [6.07, 6.45) is 0. The molecular weight excluding hydrogens is 332 g/mol. The number of phenolic OH excluding ortho intramolecular Hbond substituents is 1. The number of halogens is 1. The number of anilines is 1. The van der Waals surface area contributed by atoms with Crippen LogP contribution < -0.4 is 4.90 Å². The smallest absolute Gasteiger partial charge is 0.294 e. The van der Waals surface area contributed by atoms with E-state index >= 15 is 0 Å². The molecule has 1 N–H and O–H groups in total. The van der Waals surface area contributed by atoms with Crippen LogP contribution in [0.5, 0.6) is 5.75 Å². The first-order valence-electron chi connectivity index (χ1n) is 7.40. The van der Waals surface area contributed by atoms with E-state index in [1.807, 2.05) is 13.8 Å². The van der Waals surface area contributed by atoms with Crippen molar-refractivity contribution >= 4 is 34.4 Å². The Morgan fingerprint density at radius 2 is 1.75 bits per heavy atom. The molecule has 0 radical (unpaired) electrons. The van der Waals surface area contributed by atoms with Crippen molar-refractivity contribution in [1.29, 1.82) is 0 Å². The average Bonchev–Trinajstić information content (AvgIpc) is 2.57. The van der Waals surface area contributed by atoms with E-state index in [0.29, 0.717) is 30.2 Å². The molecule has 8 heteroatoms. The van der Waals surface area contributed by atoms with Gasteiger partial charge in [-0.2, -0.15) is 5.11 Å². The molecule has 0 spiro atoms. The molecule has 0 atom stereocenters. The average molecular weight is 349 g/mol. The lowest BCUT2D eigenvalue weighted by Crippen LogP contribution is -2.23. The van der Waals surface area contributed by atoms with Crippen molar-refractivity contribution < 1.29 is 10.0 Å². The van der Waals surface area contributed by atoms with Crippen LogP contribution in [0.4, 0.5) is 22.7 Å². The molecule has 2 aromatic rings. The van der Waals surface area contributed by atoms with Gasteiger partial charge in [0, 0.05) is 19.2 Å². The van der Waals surface area contributed by atoms with E-state index in [9.17, 15) is 15.2 Å². The molecule has 2 rings (SSSR count). The maximum atomic E-state index is 11.3. The van der Waals surface area contributed by atoms with Crippen molar-refractivity contribution in [3.63, 3.8) is 0 Å². The third kappa shape index (κ3) is 3.80. The molecule has 24 heavy (non-hydrogen) atoms. The van der Waals surface area contributed by atoms with Crippen LogP contribution in [0.1, 0.15) is 13.8 Å². The standard InChI is InChI=1S/C16H17ClN4O3/c1-3-20(4-2)16-14(21(23)24)10-9-13(15(16)17)19-18-11-5-7-12(22)8-6-11/h5-10,22H,3-4H2,1-2H3. The molecule has 0 unspecified atom stereocenters. The summed E-state index contributed by atoms with van der Waals surface area (Å²) in [6, 6.07) is 9.04. The number of benzene rings is 2. The van der Waals surface area contributed by atoms with Crippen LogP contribution >= 0.6 is 11.6 Å². The molecule has 0 saturated heterocycles. The molecule has 0 aromatic heterocycles. The monoisotopic (exact) mass is 348 g/mol. The normalized spacial score (nSPS) is 11.0. The third-order valence-electron chi connectivity index (χ3n) is 3.47. The minimum absolute atomic E-state index is 0.0627. The number of nitro groups is 1. The fraction of sp³-hybridized carbons (Fsp3) is 0.250. The number of hydrogen-bond acceptors (Lipinski definition) is 6. The Hall–Kier alpha value is -2.67. The third-order valence-corrected chi connectivity index (χ3v) is 3.85. The van der Waals surface area contributed by atoms with Gasteiger partial charge in [-0.1, -0.05) is 11.6 Å². The van der Waals surface area contributed by atoms with Gasteiger partial charge in [-0.05, 0) is 44.2 Å². The van der Waals surface area contributed by atoms with Gasteiger partial charge in [0.1, 0.15) is 17.1 Å². The first-order chi connectivity index (χ1) is 11.5. The molecule has 126 valence electrons. The predicted octanol–water partition coefficient (Wildman–Crippen LogP) is 5.22. The first kappa shape index (κ1) is 17.7. The zero-order valence-corrected chi connectivity index (χ0v) is 14.1. The van der Waals surface area contributed by atoms with Gasteiger partial charge in [0.05, 0.1) is 15.6 Å². The number of nitrogens with zero attached hydrogens (tertiary/aromatic N) is 4. The molecule has 7 nitrogen and oxygen atoms in total. The second kappa shape index (κ2) is 7.74. The van der Waals surface area contributed by atoms with E-state index in [1.165, 1.54) is 24.3 Å². The highest BCUT2D eigenvalue weighted by atomic mass is 35.5. The van der Waals surface area contributed by atoms with Gasteiger partial charge in [-0.25, -0.2) is 0 Å². The van der Waals surface area contributed by atoms with Gasteiger partial charge in [-0.3, -0.25) is 10.1 Å². The molecule has 0 bridgehead atoms. The van der Waals surface area contributed by atoms with Gasteiger partial charge in [-0.15, -0.1) is 5.11 Å². The molecule has 0 aliphatic rings. The number of azo groups is 1. The Kier molecular flexibility index (Phi) is 5.70. The summed E-state index contributed by atoms with van der Waals surface area (Å²) >= 11 is 6.36. The van der Waals surface area contributed by atoms with Crippen LogP contribution in [-0.4, -0.2) is 23.1 Å². The Morgan fingerprint density at radius 3 is 2.29 bits per heavy atom. The van der Waals surface area contributed by atoms with Gasteiger partial charge < -0.3 is 10.0 Å². The Labute approximate surface area is 144 Å². The van der Waals surface area contributed by atoms with Crippen LogP contribution in [0.25, 0.3) is 0 Å². The van der Waals surface area contributed by atoms with Crippen molar-refractivity contribution in [2.45, 2.75) is 13.8 Å². The summed E-state index contributed by atoms with van der Waals surface area (Å²) in [5, 5.41) is 28.8. The number of phenols is 1. The summed E-state index contributed by atoms with van der Waals surface area (Å²) < 4.78 is 0. The Balaban J connectivity index is 2.46. The second-order valence-electron chi connectivity index (χ2n) is 4.91. The van der Waals surface area contributed by atoms with E-state index in [4.69, 9.17) is 11.6 Å². The summed E-state index contributed by atoms with van der Waals surface area (Å²) in [5.74, 6) is 0.131. The predicted molar refractivity (Wildman–Crippen MR) is 94.0 cm³/mol. The minimum Gasteiger partial charge on any atom is -0.508 e. The maximum absolute atomic E-state index is 11.3. The highest BCUT2D eigenvalue weighted by Gasteiger charge is 2.23. The molecule has 0 aliphatic carbocycles. The second-order valence-corrected chi connectivity index (χ2v) is 5.29.